The van der Waals surface area contributed by atoms with Crippen LogP contribution in [0.15, 0.2) is 72.8 Å². The van der Waals surface area contributed by atoms with Gasteiger partial charge in [0, 0.05) is 12.2 Å². The van der Waals surface area contributed by atoms with E-state index in [0.29, 0.717) is 42.1 Å². The molecule has 1 aliphatic rings. The Bertz CT molecular complexity index is 1300. The molecule has 2 N–H and O–H groups in total. The number of nitrogens with one attached hydrogen (secondary N) is 2. The molecule has 0 spiro atoms. The van der Waals surface area contributed by atoms with E-state index in [1.54, 1.807) is 48.5 Å². The fraction of sp³-hybridized carbons (Fsp3) is 0.276. The summed E-state index contributed by atoms with van der Waals surface area (Å²) < 4.78 is 30.4. The van der Waals surface area contributed by atoms with Gasteiger partial charge in [-0.05, 0) is 66.9 Å². The predicted octanol–water partition coefficient (Wildman–Crippen LogP) is 5.03. The molecular weight excluding hydrogens is 505 g/mol. The standard InChI is InChI=1S/C29H30FN3O6/c1-37-25-8-4-3-6-23(25)32-29(36)31-21-13-9-19(10-14-21)18-26(34)33-17-5-7-24(33)27(30)39-22-15-11-20(12-16-22)28(35)38-2/h3-4,6,8-16,24,27H,5,7,17-18H2,1-2H3,(H2,31,32,36)/t24-,27?/m0/s1. The van der Waals surface area contributed by atoms with Gasteiger partial charge in [-0.1, -0.05) is 24.3 Å². The van der Waals surface area contributed by atoms with Crippen LogP contribution in [0, 0.1) is 0 Å². The first kappa shape index (κ1) is 27.4. The number of likely N-dealkylation sites (tertiary alicyclic amines) is 1. The average Bonchev–Trinajstić information content (AvgIpc) is 3.45. The van der Waals surface area contributed by atoms with Gasteiger partial charge in [-0.25, -0.2) is 9.59 Å². The van der Waals surface area contributed by atoms with Gasteiger partial charge in [0.25, 0.3) is 6.36 Å². The van der Waals surface area contributed by atoms with Gasteiger partial charge < -0.3 is 29.7 Å². The van der Waals surface area contributed by atoms with E-state index in [1.807, 2.05) is 0 Å². The first-order valence-corrected chi connectivity index (χ1v) is 12.5. The van der Waals surface area contributed by atoms with Crippen molar-refractivity contribution in [2.45, 2.75) is 31.7 Å². The normalized spacial score (nSPS) is 15.3. The van der Waals surface area contributed by atoms with Gasteiger partial charge in [0.2, 0.25) is 5.91 Å². The molecule has 1 aliphatic heterocycles. The third-order valence-electron chi connectivity index (χ3n) is 6.37. The Kier molecular flexibility index (Phi) is 8.98. The molecule has 2 atom stereocenters. The highest BCUT2D eigenvalue weighted by Crippen LogP contribution is 2.27. The molecule has 39 heavy (non-hydrogen) atoms. The highest BCUT2D eigenvalue weighted by Gasteiger charge is 2.36. The van der Waals surface area contributed by atoms with Crippen LogP contribution < -0.4 is 20.1 Å². The lowest BCUT2D eigenvalue weighted by Gasteiger charge is -2.27. The summed E-state index contributed by atoms with van der Waals surface area (Å²) in [5.74, 6) is 0.0941. The molecule has 4 rings (SSSR count). The number of nitrogens with zero attached hydrogens (tertiary/aromatic N) is 1. The van der Waals surface area contributed by atoms with Crippen LogP contribution in [-0.4, -0.2) is 56.0 Å². The second-order valence-electron chi connectivity index (χ2n) is 8.93. The second-order valence-corrected chi connectivity index (χ2v) is 8.93. The fourth-order valence-corrected chi connectivity index (χ4v) is 4.39. The Morgan fingerprint density at radius 1 is 0.974 bits per heavy atom. The average molecular weight is 536 g/mol. The maximum absolute atomic E-state index is 15.1. The van der Waals surface area contributed by atoms with Crippen molar-refractivity contribution < 1.29 is 33.0 Å². The van der Waals surface area contributed by atoms with Crippen LogP contribution in [0.2, 0.25) is 0 Å². The molecule has 0 radical (unpaired) electrons. The first-order chi connectivity index (χ1) is 18.9. The predicted molar refractivity (Wildman–Crippen MR) is 144 cm³/mol. The number of rotatable bonds is 9. The maximum Gasteiger partial charge on any atom is 0.337 e. The van der Waals surface area contributed by atoms with Crippen molar-refractivity contribution in [2.75, 3.05) is 31.4 Å². The quantitative estimate of drug-likeness (QED) is 0.372. The van der Waals surface area contributed by atoms with E-state index in [9.17, 15) is 14.4 Å². The molecule has 0 aromatic heterocycles. The lowest BCUT2D eigenvalue weighted by molar-refractivity contribution is -0.135. The molecule has 0 bridgehead atoms. The lowest BCUT2D eigenvalue weighted by Crippen LogP contribution is -2.44. The van der Waals surface area contributed by atoms with Crippen molar-refractivity contribution in [1.29, 1.82) is 0 Å². The molecule has 9 nitrogen and oxygen atoms in total. The number of methoxy groups -OCH3 is 2. The molecule has 10 heteroatoms. The number of hydrogen-bond donors (Lipinski definition) is 2. The van der Waals surface area contributed by atoms with Crippen molar-refractivity contribution in [1.82, 2.24) is 4.90 Å². The third kappa shape index (κ3) is 7.04. The molecule has 0 saturated carbocycles. The second kappa shape index (κ2) is 12.8. The number of hydrogen-bond acceptors (Lipinski definition) is 6. The molecule has 3 amide bonds. The SMILES string of the molecule is COC(=O)c1ccc(OC(F)[C@@H]2CCCN2C(=O)Cc2ccc(NC(=O)Nc3ccccc3OC)cc2)cc1. The zero-order valence-electron chi connectivity index (χ0n) is 21.7. The highest BCUT2D eigenvalue weighted by atomic mass is 19.1. The molecule has 0 aliphatic carbocycles. The molecular formula is C29H30FN3O6. The minimum Gasteiger partial charge on any atom is -0.495 e. The fourth-order valence-electron chi connectivity index (χ4n) is 4.39. The van der Waals surface area contributed by atoms with Crippen LogP contribution in [0.25, 0.3) is 0 Å². The minimum atomic E-state index is -1.71. The number of anilines is 2. The Labute approximate surface area is 225 Å². The number of benzene rings is 3. The summed E-state index contributed by atoms with van der Waals surface area (Å²) in [5, 5.41) is 5.48. The van der Waals surface area contributed by atoms with E-state index >= 15 is 4.39 Å². The summed E-state index contributed by atoms with van der Waals surface area (Å²) in [4.78, 5) is 38.5. The highest BCUT2D eigenvalue weighted by molar-refractivity contribution is 6.00. The summed E-state index contributed by atoms with van der Waals surface area (Å²) in [6, 6.07) is 18.8. The summed E-state index contributed by atoms with van der Waals surface area (Å²) in [6.07, 6.45) is -0.470. The van der Waals surface area contributed by atoms with Crippen molar-refractivity contribution in [3.05, 3.63) is 83.9 Å². The number of ether oxygens (including phenoxy) is 3. The number of para-hydroxylation sites is 2. The number of amides is 3. The number of urea groups is 1. The van der Waals surface area contributed by atoms with Crippen molar-refractivity contribution in [2.24, 2.45) is 0 Å². The Morgan fingerprint density at radius 2 is 1.69 bits per heavy atom. The van der Waals surface area contributed by atoms with Crippen molar-refractivity contribution in [3.8, 4) is 11.5 Å². The van der Waals surface area contributed by atoms with Gasteiger partial charge >= 0.3 is 12.0 Å². The van der Waals surface area contributed by atoms with Gasteiger partial charge in [0.05, 0.1) is 37.9 Å². The number of esters is 1. The van der Waals surface area contributed by atoms with Crippen LogP contribution >= 0.6 is 0 Å². The van der Waals surface area contributed by atoms with Crippen LogP contribution in [0.1, 0.15) is 28.8 Å². The van der Waals surface area contributed by atoms with E-state index < -0.39 is 24.4 Å². The first-order valence-electron chi connectivity index (χ1n) is 12.5. The van der Waals surface area contributed by atoms with E-state index in [-0.39, 0.29) is 18.1 Å². The summed E-state index contributed by atoms with van der Waals surface area (Å²) in [6.45, 7) is 0.442. The zero-order valence-corrected chi connectivity index (χ0v) is 21.7. The smallest absolute Gasteiger partial charge is 0.337 e. The van der Waals surface area contributed by atoms with Gasteiger partial charge in [-0.3, -0.25) is 4.79 Å². The number of carbonyl (C=O) groups excluding carboxylic acids is 3. The van der Waals surface area contributed by atoms with Crippen LogP contribution in [0.5, 0.6) is 11.5 Å². The van der Waals surface area contributed by atoms with E-state index in [4.69, 9.17) is 9.47 Å². The topological polar surface area (TPSA) is 106 Å². The zero-order chi connectivity index (χ0) is 27.8. The van der Waals surface area contributed by atoms with Crippen LogP contribution in [0.3, 0.4) is 0 Å². The van der Waals surface area contributed by atoms with Gasteiger partial charge in [0.15, 0.2) is 0 Å². The molecule has 1 unspecified atom stereocenters. The Balaban J connectivity index is 1.30. The van der Waals surface area contributed by atoms with Crippen LogP contribution in [0.4, 0.5) is 20.6 Å². The number of halogens is 1. The minimum absolute atomic E-state index is 0.0880. The number of carbonyl (C=O) groups is 3. The Morgan fingerprint density at radius 3 is 2.38 bits per heavy atom. The molecule has 204 valence electrons. The van der Waals surface area contributed by atoms with Crippen LogP contribution in [-0.2, 0) is 16.0 Å². The van der Waals surface area contributed by atoms with Gasteiger partial charge in [0.1, 0.15) is 11.5 Å². The van der Waals surface area contributed by atoms with E-state index in [2.05, 4.69) is 15.4 Å². The lowest BCUT2D eigenvalue weighted by atomic mass is 10.1. The Hall–Kier alpha value is -4.60. The van der Waals surface area contributed by atoms with Crippen molar-refractivity contribution >= 4 is 29.3 Å². The summed E-state index contributed by atoms with van der Waals surface area (Å²) >= 11 is 0. The van der Waals surface area contributed by atoms with Crippen molar-refractivity contribution in [3.63, 3.8) is 0 Å². The third-order valence-corrected chi connectivity index (χ3v) is 6.37. The van der Waals surface area contributed by atoms with Gasteiger partial charge in [-0.2, -0.15) is 4.39 Å². The summed E-state index contributed by atoms with van der Waals surface area (Å²) in [7, 11) is 2.81. The molecule has 3 aromatic rings. The molecule has 1 fully saturated rings. The molecule has 1 heterocycles. The monoisotopic (exact) mass is 535 g/mol. The van der Waals surface area contributed by atoms with Gasteiger partial charge in [-0.15, -0.1) is 0 Å². The molecule has 1 saturated heterocycles. The van der Waals surface area contributed by atoms with E-state index in [1.165, 1.54) is 43.4 Å². The van der Waals surface area contributed by atoms with E-state index in [0.717, 1.165) is 5.56 Å². The molecule has 3 aromatic carbocycles. The summed E-state index contributed by atoms with van der Waals surface area (Å²) in [5.41, 5.74) is 2.15. The maximum atomic E-state index is 15.1. The largest absolute Gasteiger partial charge is 0.495 e. The number of alkyl halides is 1.